The smallest absolute Gasteiger partial charge is 0.223 e. The highest BCUT2D eigenvalue weighted by molar-refractivity contribution is 6.10. The third-order valence-electron chi connectivity index (χ3n) is 5.21. The quantitative estimate of drug-likeness (QED) is 0.564. The van der Waals surface area contributed by atoms with Crippen LogP contribution in [0.3, 0.4) is 0 Å². The Morgan fingerprint density at radius 2 is 1.69 bits per heavy atom. The molecular formula is C23H34ClN5. The number of anilines is 1. The summed E-state index contributed by atoms with van der Waals surface area (Å²) in [5.74, 6) is 1.11. The topological polar surface area (TPSA) is 66.0 Å². The second kappa shape index (κ2) is 10.5. The van der Waals surface area contributed by atoms with Crippen LogP contribution in [0.2, 0.25) is 0 Å². The maximum absolute atomic E-state index is 6.41. The fourth-order valence-electron chi connectivity index (χ4n) is 3.78. The number of unbranched alkanes of at least 4 members (excludes halogenated alkanes) is 5. The molecule has 0 saturated carbocycles. The van der Waals surface area contributed by atoms with Crippen LogP contribution in [0, 0.1) is 0 Å². The van der Waals surface area contributed by atoms with Gasteiger partial charge in [0.2, 0.25) is 11.9 Å². The zero-order chi connectivity index (χ0) is 20.0. The van der Waals surface area contributed by atoms with E-state index in [1.54, 1.807) is 0 Å². The molecule has 0 saturated heterocycles. The lowest BCUT2D eigenvalue weighted by molar-refractivity contribution is 0.466. The number of guanidine groups is 2. The van der Waals surface area contributed by atoms with Gasteiger partial charge in [-0.3, -0.25) is 9.89 Å². The van der Waals surface area contributed by atoms with Crippen molar-refractivity contribution in [3.8, 4) is 0 Å². The molecule has 6 heteroatoms. The van der Waals surface area contributed by atoms with E-state index in [-0.39, 0.29) is 12.4 Å². The molecule has 29 heavy (non-hydrogen) atoms. The van der Waals surface area contributed by atoms with E-state index >= 15 is 0 Å². The second-order valence-corrected chi connectivity index (χ2v) is 7.96. The van der Waals surface area contributed by atoms with Gasteiger partial charge < -0.3 is 11.1 Å². The van der Waals surface area contributed by atoms with Crippen LogP contribution in [-0.4, -0.2) is 24.1 Å². The van der Waals surface area contributed by atoms with Gasteiger partial charge in [-0.15, -0.1) is 12.4 Å². The molecule has 0 radical (unpaired) electrons. The van der Waals surface area contributed by atoms with Crippen LogP contribution < -0.4 is 16.0 Å². The molecule has 3 rings (SSSR count). The Labute approximate surface area is 180 Å². The molecule has 1 heterocycles. The van der Waals surface area contributed by atoms with Crippen molar-refractivity contribution in [1.29, 1.82) is 0 Å². The van der Waals surface area contributed by atoms with E-state index < -0.39 is 5.66 Å². The van der Waals surface area contributed by atoms with Gasteiger partial charge in [0.15, 0.2) is 0 Å². The van der Waals surface area contributed by atoms with Crippen LogP contribution in [-0.2, 0) is 0 Å². The molecular weight excluding hydrogens is 382 g/mol. The predicted molar refractivity (Wildman–Crippen MR) is 128 cm³/mol. The lowest BCUT2D eigenvalue weighted by Gasteiger charge is -2.43. The number of nitrogens with zero attached hydrogens (tertiary/aromatic N) is 3. The van der Waals surface area contributed by atoms with Crippen molar-refractivity contribution in [2.24, 2.45) is 15.7 Å². The summed E-state index contributed by atoms with van der Waals surface area (Å²) in [7, 11) is 0. The van der Waals surface area contributed by atoms with Crippen LogP contribution >= 0.6 is 12.4 Å². The zero-order valence-corrected chi connectivity index (χ0v) is 18.6. The number of fused-ring (bicyclic) bond motifs is 1. The van der Waals surface area contributed by atoms with E-state index in [1.165, 1.54) is 37.5 Å². The molecule has 0 aliphatic carbocycles. The lowest BCUT2D eigenvalue weighted by Crippen LogP contribution is -2.64. The monoisotopic (exact) mass is 415 g/mol. The number of nitrogens with one attached hydrogen (secondary N) is 1. The lowest BCUT2D eigenvalue weighted by atomic mass is 10.1. The highest BCUT2D eigenvalue weighted by Crippen LogP contribution is 2.31. The van der Waals surface area contributed by atoms with Crippen molar-refractivity contribution >= 4 is 40.8 Å². The Morgan fingerprint density at radius 3 is 2.45 bits per heavy atom. The van der Waals surface area contributed by atoms with E-state index in [0.29, 0.717) is 11.9 Å². The van der Waals surface area contributed by atoms with Gasteiger partial charge in [0.05, 0.1) is 5.69 Å². The summed E-state index contributed by atoms with van der Waals surface area (Å²) in [4.78, 5) is 11.3. The van der Waals surface area contributed by atoms with E-state index in [9.17, 15) is 0 Å². The van der Waals surface area contributed by atoms with E-state index in [0.717, 1.165) is 24.0 Å². The summed E-state index contributed by atoms with van der Waals surface area (Å²) in [5.41, 5.74) is 7.04. The van der Waals surface area contributed by atoms with Gasteiger partial charge in [-0.2, -0.15) is 4.99 Å². The summed E-state index contributed by atoms with van der Waals surface area (Å²) in [6, 6.07) is 14.6. The molecule has 0 spiro atoms. The molecule has 3 N–H and O–H groups in total. The SMILES string of the molecule is CCCCCCCCN=C1N=C(N)N(c2cccc3ccccc23)C(C)(C)N1.Cl. The van der Waals surface area contributed by atoms with Crippen molar-refractivity contribution < 1.29 is 0 Å². The standard InChI is InChI=1S/C23H33N5.ClH/c1-4-5-6-7-8-11-17-25-22-26-21(24)28(23(2,3)27-22)20-16-12-14-18-13-9-10-15-19(18)20;/h9-10,12-16H,4-8,11,17H2,1-3H3,(H3,24,25,26,27);1H. The van der Waals surface area contributed by atoms with Gasteiger partial charge in [0.25, 0.3) is 0 Å². The number of halogens is 1. The van der Waals surface area contributed by atoms with Gasteiger partial charge in [0, 0.05) is 11.9 Å². The second-order valence-electron chi connectivity index (χ2n) is 7.96. The van der Waals surface area contributed by atoms with Gasteiger partial charge in [-0.05, 0) is 31.7 Å². The molecule has 1 aliphatic heterocycles. The molecule has 2 aromatic rings. The molecule has 0 bridgehead atoms. The molecule has 1 aliphatic rings. The molecule has 0 amide bonds. The summed E-state index contributed by atoms with van der Waals surface area (Å²) in [6.07, 6.45) is 7.54. The number of hydrogen-bond acceptors (Lipinski definition) is 3. The normalized spacial score (nSPS) is 17.0. The molecule has 2 aromatic carbocycles. The Bertz CT molecular complexity index is 854. The van der Waals surface area contributed by atoms with Crippen molar-refractivity contribution in [1.82, 2.24) is 5.32 Å². The van der Waals surface area contributed by atoms with E-state index in [1.807, 2.05) is 0 Å². The maximum Gasteiger partial charge on any atom is 0.223 e. The van der Waals surface area contributed by atoms with Gasteiger partial charge in [0.1, 0.15) is 5.66 Å². The van der Waals surface area contributed by atoms with Gasteiger partial charge >= 0.3 is 0 Å². The Kier molecular flexibility index (Phi) is 8.32. The third kappa shape index (κ3) is 5.63. The van der Waals surface area contributed by atoms with Gasteiger partial charge in [-0.1, -0.05) is 75.4 Å². The highest BCUT2D eigenvalue weighted by Gasteiger charge is 2.35. The highest BCUT2D eigenvalue weighted by atomic mass is 35.5. The van der Waals surface area contributed by atoms with E-state index in [2.05, 4.69) is 83.4 Å². The van der Waals surface area contributed by atoms with Crippen LogP contribution in [0.25, 0.3) is 10.8 Å². The minimum Gasteiger partial charge on any atom is -0.369 e. The van der Waals surface area contributed by atoms with Crippen molar-refractivity contribution in [2.45, 2.75) is 65.0 Å². The minimum atomic E-state index is -0.421. The maximum atomic E-state index is 6.41. The Balaban J connectivity index is 0.00000300. The molecule has 0 fully saturated rings. The molecule has 0 unspecified atom stereocenters. The number of rotatable bonds is 8. The first-order valence-electron chi connectivity index (χ1n) is 10.5. The van der Waals surface area contributed by atoms with Crippen LogP contribution in [0.1, 0.15) is 59.3 Å². The van der Waals surface area contributed by atoms with Crippen LogP contribution in [0.15, 0.2) is 52.4 Å². The summed E-state index contributed by atoms with van der Waals surface area (Å²) in [5, 5.41) is 5.80. The number of benzene rings is 2. The van der Waals surface area contributed by atoms with Crippen molar-refractivity contribution in [2.75, 3.05) is 11.4 Å². The zero-order valence-electron chi connectivity index (χ0n) is 17.8. The average Bonchev–Trinajstić information content (AvgIpc) is 2.66. The van der Waals surface area contributed by atoms with Crippen LogP contribution in [0.5, 0.6) is 0 Å². The number of hydrogen-bond donors (Lipinski definition) is 2. The molecule has 158 valence electrons. The Morgan fingerprint density at radius 1 is 1.00 bits per heavy atom. The van der Waals surface area contributed by atoms with Crippen molar-refractivity contribution in [3.63, 3.8) is 0 Å². The minimum absolute atomic E-state index is 0. The first-order valence-corrected chi connectivity index (χ1v) is 10.5. The number of aliphatic imine (C=N–C) groups is 2. The fraction of sp³-hybridized carbons (Fsp3) is 0.478. The van der Waals surface area contributed by atoms with Crippen molar-refractivity contribution in [3.05, 3.63) is 42.5 Å². The van der Waals surface area contributed by atoms with Crippen LogP contribution in [0.4, 0.5) is 5.69 Å². The molecule has 0 atom stereocenters. The summed E-state index contributed by atoms with van der Waals surface area (Å²) in [6.45, 7) is 7.25. The van der Waals surface area contributed by atoms with Gasteiger partial charge in [-0.25, -0.2) is 0 Å². The first-order chi connectivity index (χ1) is 13.5. The van der Waals surface area contributed by atoms with E-state index in [4.69, 9.17) is 5.73 Å². The molecule has 5 nitrogen and oxygen atoms in total. The Hall–Kier alpha value is -2.27. The fourth-order valence-corrected chi connectivity index (χ4v) is 3.78. The first kappa shape index (κ1) is 23.0. The average molecular weight is 416 g/mol. The summed E-state index contributed by atoms with van der Waals surface area (Å²) >= 11 is 0. The predicted octanol–water partition coefficient (Wildman–Crippen LogP) is 5.44. The largest absolute Gasteiger partial charge is 0.369 e. The number of nitrogens with two attached hydrogens (primary N) is 1. The summed E-state index contributed by atoms with van der Waals surface area (Å²) < 4.78 is 0. The third-order valence-corrected chi connectivity index (χ3v) is 5.21. The molecule has 0 aromatic heterocycles.